The number of hydrogen-bond donors (Lipinski definition) is 1. The van der Waals surface area contributed by atoms with Crippen molar-refractivity contribution in [2.24, 2.45) is 0 Å². The normalized spacial score (nSPS) is 13.8. The van der Waals surface area contributed by atoms with E-state index in [-0.39, 0.29) is 12.1 Å². The lowest BCUT2D eigenvalue weighted by molar-refractivity contribution is -0.138. The Hall–Kier alpha value is -4.14. The number of alkyl halides is 3. The van der Waals surface area contributed by atoms with Gasteiger partial charge in [-0.25, -0.2) is 4.98 Å². The molecule has 6 rings (SSSR count). The monoisotopic (exact) mass is 488 g/mol. The third kappa shape index (κ3) is 3.90. The molecule has 2 aromatic heterocycles. The molecule has 0 radical (unpaired) electrons. The second-order valence-electron chi connectivity index (χ2n) is 9.00. The van der Waals surface area contributed by atoms with Gasteiger partial charge in [0.25, 0.3) is 0 Å². The summed E-state index contributed by atoms with van der Waals surface area (Å²) in [7, 11) is 0. The van der Waals surface area contributed by atoms with Crippen molar-refractivity contribution in [2.75, 3.05) is 16.8 Å². The van der Waals surface area contributed by atoms with Crippen LogP contribution in [0.2, 0.25) is 0 Å². The maximum atomic E-state index is 13.3. The zero-order valence-electron chi connectivity index (χ0n) is 19.5. The Labute approximate surface area is 205 Å². The summed E-state index contributed by atoms with van der Waals surface area (Å²) >= 11 is 0. The zero-order valence-corrected chi connectivity index (χ0v) is 19.5. The highest BCUT2D eigenvalue weighted by Gasteiger charge is 2.32. The van der Waals surface area contributed by atoms with Crippen LogP contribution in [0.15, 0.2) is 66.9 Å². The second kappa shape index (κ2) is 8.51. The third-order valence-corrected chi connectivity index (χ3v) is 6.87. The molecule has 36 heavy (non-hydrogen) atoms. The topological polar surface area (TPSA) is 58.9 Å². The second-order valence-corrected chi connectivity index (χ2v) is 9.00. The molecular weight excluding hydrogens is 465 g/mol. The molecule has 1 aliphatic rings. The average Bonchev–Trinajstić information content (AvgIpc) is 3.25. The molecule has 6 nitrogen and oxygen atoms in total. The van der Waals surface area contributed by atoms with Crippen LogP contribution in [0.5, 0.6) is 0 Å². The van der Waals surface area contributed by atoms with E-state index in [1.807, 2.05) is 24.3 Å². The minimum atomic E-state index is -4.39. The first-order chi connectivity index (χ1) is 17.4. The van der Waals surface area contributed by atoms with E-state index < -0.39 is 11.7 Å². The van der Waals surface area contributed by atoms with Crippen LogP contribution in [0.1, 0.15) is 22.5 Å². The summed E-state index contributed by atoms with van der Waals surface area (Å²) in [5.74, 6) is 1.56. The first kappa shape index (κ1) is 22.3. The van der Waals surface area contributed by atoms with Crippen LogP contribution in [0.4, 0.5) is 24.7 Å². The van der Waals surface area contributed by atoms with Crippen molar-refractivity contribution in [2.45, 2.75) is 32.7 Å². The standard InChI is InChI=1S/C27H23F3N6/c1-17-18(5-4-6-22(17)27(28,29)30)14-31-26-21-13-20(10-9-19(21)15-32-34-26)35-11-12-36-24-8-3-2-7-23(24)33-25(36)16-35/h2-10,13,15H,11-12,14,16H2,1H3,(H,31,34). The van der Waals surface area contributed by atoms with Gasteiger partial charge in [-0.05, 0) is 48.4 Å². The van der Waals surface area contributed by atoms with Gasteiger partial charge in [-0.15, -0.1) is 5.10 Å². The summed E-state index contributed by atoms with van der Waals surface area (Å²) in [5, 5.41) is 13.3. The fourth-order valence-electron chi connectivity index (χ4n) is 4.94. The summed E-state index contributed by atoms with van der Waals surface area (Å²) in [6, 6.07) is 18.5. The van der Waals surface area contributed by atoms with E-state index in [0.29, 0.717) is 17.9 Å². The summed E-state index contributed by atoms with van der Waals surface area (Å²) in [5.41, 5.74) is 3.34. The van der Waals surface area contributed by atoms with E-state index >= 15 is 0 Å². The van der Waals surface area contributed by atoms with Crippen molar-refractivity contribution in [3.8, 4) is 0 Å². The number of imidazole rings is 1. The Balaban J connectivity index is 1.28. The Morgan fingerprint density at radius 1 is 1.00 bits per heavy atom. The van der Waals surface area contributed by atoms with Gasteiger partial charge in [-0.1, -0.05) is 30.3 Å². The van der Waals surface area contributed by atoms with Gasteiger partial charge in [0.05, 0.1) is 29.3 Å². The molecule has 3 heterocycles. The van der Waals surface area contributed by atoms with Crippen LogP contribution in [-0.2, 0) is 25.8 Å². The van der Waals surface area contributed by atoms with E-state index in [1.54, 1.807) is 12.3 Å². The smallest absolute Gasteiger partial charge is 0.364 e. The van der Waals surface area contributed by atoms with E-state index in [4.69, 9.17) is 4.98 Å². The predicted octanol–water partition coefficient (Wildman–Crippen LogP) is 5.94. The Morgan fingerprint density at radius 3 is 2.72 bits per heavy atom. The number of aromatic nitrogens is 4. The minimum absolute atomic E-state index is 0.210. The minimum Gasteiger partial charge on any atom is -0.364 e. The van der Waals surface area contributed by atoms with Crippen molar-refractivity contribution >= 4 is 33.3 Å². The molecule has 0 saturated heterocycles. The Bertz CT molecular complexity index is 1590. The maximum absolute atomic E-state index is 13.3. The summed E-state index contributed by atoms with van der Waals surface area (Å²) in [6.07, 6.45) is -2.70. The molecule has 0 bridgehead atoms. The molecule has 0 fully saturated rings. The number of anilines is 2. The van der Waals surface area contributed by atoms with Gasteiger partial charge < -0.3 is 14.8 Å². The average molecular weight is 489 g/mol. The third-order valence-electron chi connectivity index (χ3n) is 6.87. The van der Waals surface area contributed by atoms with Gasteiger partial charge in [0.1, 0.15) is 5.82 Å². The van der Waals surface area contributed by atoms with Crippen molar-refractivity contribution in [1.29, 1.82) is 0 Å². The molecular formula is C27H23F3N6. The van der Waals surface area contributed by atoms with Crippen molar-refractivity contribution in [3.05, 3.63) is 89.4 Å². The molecule has 0 spiro atoms. The first-order valence-corrected chi connectivity index (χ1v) is 11.7. The molecule has 0 unspecified atom stereocenters. The number of nitrogens with zero attached hydrogens (tertiary/aromatic N) is 5. The largest absolute Gasteiger partial charge is 0.416 e. The molecule has 5 aromatic rings. The Morgan fingerprint density at radius 2 is 1.86 bits per heavy atom. The number of rotatable bonds is 4. The molecule has 1 aliphatic heterocycles. The van der Waals surface area contributed by atoms with Crippen molar-refractivity contribution in [3.63, 3.8) is 0 Å². The van der Waals surface area contributed by atoms with Gasteiger partial charge >= 0.3 is 6.18 Å². The van der Waals surface area contributed by atoms with Gasteiger partial charge in [0.2, 0.25) is 0 Å². The molecule has 0 saturated carbocycles. The van der Waals surface area contributed by atoms with Crippen molar-refractivity contribution < 1.29 is 13.2 Å². The number of para-hydroxylation sites is 2. The van der Waals surface area contributed by atoms with Crippen LogP contribution in [0.25, 0.3) is 21.8 Å². The number of benzene rings is 3. The quantitative estimate of drug-likeness (QED) is 0.339. The van der Waals surface area contributed by atoms with Crippen LogP contribution >= 0.6 is 0 Å². The van der Waals surface area contributed by atoms with Crippen LogP contribution < -0.4 is 10.2 Å². The van der Waals surface area contributed by atoms with E-state index in [0.717, 1.165) is 52.5 Å². The fraction of sp³-hybridized carbons (Fsp3) is 0.222. The highest BCUT2D eigenvalue weighted by molar-refractivity contribution is 5.93. The zero-order chi connectivity index (χ0) is 24.9. The van der Waals surface area contributed by atoms with E-state index in [2.05, 4.69) is 43.2 Å². The lowest BCUT2D eigenvalue weighted by Crippen LogP contribution is -2.33. The van der Waals surface area contributed by atoms with Gasteiger partial charge in [0, 0.05) is 36.1 Å². The predicted molar refractivity (Wildman–Crippen MR) is 134 cm³/mol. The van der Waals surface area contributed by atoms with E-state index in [1.165, 1.54) is 13.0 Å². The van der Waals surface area contributed by atoms with Gasteiger partial charge in [0.15, 0.2) is 5.82 Å². The highest BCUT2D eigenvalue weighted by Crippen LogP contribution is 2.34. The lowest BCUT2D eigenvalue weighted by atomic mass is 10.0. The molecule has 0 aliphatic carbocycles. The van der Waals surface area contributed by atoms with Crippen LogP contribution in [0.3, 0.4) is 0 Å². The number of fused-ring (bicyclic) bond motifs is 4. The van der Waals surface area contributed by atoms with Gasteiger partial charge in [-0.3, -0.25) is 0 Å². The molecule has 182 valence electrons. The lowest BCUT2D eigenvalue weighted by Gasteiger charge is -2.30. The SMILES string of the molecule is Cc1c(CNc2nncc3ccc(N4CCn5c(nc6ccccc65)C4)cc23)cccc1C(F)(F)F. The Kier molecular flexibility index (Phi) is 5.28. The van der Waals surface area contributed by atoms with Crippen molar-refractivity contribution in [1.82, 2.24) is 19.7 Å². The number of halogens is 3. The number of hydrogen-bond acceptors (Lipinski definition) is 5. The van der Waals surface area contributed by atoms with Crippen LogP contribution in [-0.4, -0.2) is 26.3 Å². The molecule has 1 N–H and O–H groups in total. The number of nitrogens with one attached hydrogen (secondary N) is 1. The fourth-order valence-corrected chi connectivity index (χ4v) is 4.94. The molecule has 0 atom stereocenters. The summed E-state index contributed by atoms with van der Waals surface area (Å²) in [6.45, 7) is 4.06. The van der Waals surface area contributed by atoms with E-state index in [9.17, 15) is 13.2 Å². The molecule has 3 aromatic carbocycles. The molecule has 9 heteroatoms. The summed E-state index contributed by atoms with van der Waals surface area (Å²) in [4.78, 5) is 7.09. The van der Waals surface area contributed by atoms with Crippen LogP contribution in [0, 0.1) is 6.92 Å². The summed E-state index contributed by atoms with van der Waals surface area (Å²) < 4.78 is 42.2. The molecule has 0 amide bonds. The highest BCUT2D eigenvalue weighted by atomic mass is 19.4. The maximum Gasteiger partial charge on any atom is 0.416 e. The first-order valence-electron chi connectivity index (χ1n) is 11.7. The van der Waals surface area contributed by atoms with Gasteiger partial charge in [-0.2, -0.15) is 18.3 Å².